The highest BCUT2D eigenvalue weighted by atomic mass is 19.3. The van der Waals surface area contributed by atoms with Gasteiger partial charge in [0.2, 0.25) is 0 Å². The molecule has 0 saturated heterocycles. The van der Waals surface area contributed by atoms with E-state index in [4.69, 9.17) is 0 Å². The van der Waals surface area contributed by atoms with Gasteiger partial charge in [0, 0.05) is 6.42 Å². The molecule has 0 bridgehead atoms. The lowest BCUT2D eigenvalue weighted by atomic mass is 10.3. The smallest absolute Gasteiger partial charge is 0.306 e. The largest absolute Gasteiger partial charge is 0.457 e. The zero-order valence-electron chi connectivity index (χ0n) is 6.64. The minimum atomic E-state index is -2.59. The van der Waals surface area contributed by atoms with Crippen LogP contribution in [0.5, 0.6) is 0 Å². The van der Waals surface area contributed by atoms with Gasteiger partial charge in [-0.1, -0.05) is 6.92 Å². The first-order chi connectivity index (χ1) is 5.07. The normalized spacial score (nSPS) is 13.2. The molecule has 11 heavy (non-hydrogen) atoms. The fourth-order valence-electron chi connectivity index (χ4n) is 0.522. The molecule has 2 nitrogen and oxygen atoms in total. The van der Waals surface area contributed by atoms with Gasteiger partial charge in [0.1, 0.15) is 0 Å². The van der Waals surface area contributed by atoms with Crippen molar-refractivity contribution in [3.63, 3.8) is 0 Å². The van der Waals surface area contributed by atoms with Crippen molar-refractivity contribution in [2.75, 3.05) is 0 Å². The van der Waals surface area contributed by atoms with Crippen molar-refractivity contribution >= 4 is 5.97 Å². The van der Waals surface area contributed by atoms with E-state index < -0.39 is 18.5 Å². The lowest BCUT2D eigenvalue weighted by Crippen LogP contribution is -2.21. The minimum absolute atomic E-state index is 0.205. The van der Waals surface area contributed by atoms with Gasteiger partial charge in [0.05, 0.1) is 0 Å². The lowest BCUT2D eigenvalue weighted by molar-refractivity contribution is -0.155. The van der Waals surface area contributed by atoms with Crippen LogP contribution < -0.4 is 0 Å². The molecule has 0 aromatic rings. The van der Waals surface area contributed by atoms with E-state index in [0.29, 0.717) is 6.42 Å². The van der Waals surface area contributed by atoms with Crippen LogP contribution in [0.2, 0.25) is 0 Å². The van der Waals surface area contributed by atoms with Gasteiger partial charge < -0.3 is 4.74 Å². The number of esters is 1. The van der Waals surface area contributed by atoms with Crippen LogP contribution in [-0.2, 0) is 9.53 Å². The van der Waals surface area contributed by atoms with E-state index in [1.54, 1.807) is 6.92 Å². The SMILES string of the molecule is CCCC(=O)OC(C)C(F)F. The molecule has 0 aromatic carbocycles. The first-order valence-electron chi connectivity index (χ1n) is 3.55. The van der Waals surface area contributed by atoms with Crippen LogP contribution in [0.15, 0.2) is 0 Å². The van der Waals surface area contributed by atoms with Crippen LogP contribution in [0, 0.1) is 0 Å². The molecular formula is C7H12F2O2. The van der Waals surface area contributed by atoms with Gasteiger partial charge in [-0.25, -0.2) is 8.78 Å². The first kappa shape index (κ1) is 10.3. The Hall–Kier alpha value is -0.670. The van der Waals surface area contributed by atoms with E-state index in [1.165, 1.54) is 6.92 Å². The van der Waals surface area contributed by atoms with Gasteiger partial charge in [-0.2, -0.15) is 0 Å². The summed E-state index contributed by atoms with van der Waals surface area (Å²) < 4.78 is 27.9. The molecule has 0 saturated carbocycles. The molecular weight excluding hydrogens is 154 g/mol. The highest BCUT2D eigenvalue weighted by Crippen LogP contribution is 2.06. The minimum Gasteiger partial charge on any atom is -0.457 e. The fourth-order valence-corrected chi connectivity index (χ4v) is 0.522. The maximum Gasteiger partial charge on any atom is 0.306 e. The van der Waals surface area contributed by atoms with Crippen molar-refractivity contribution < 1.29 is 18.3 Å². The van der Waals surface area contributed by atoms with Crippen LogP contribution >= 0.6 is 0 Å². The molecule has 0 amide bonds. The Bertz CT molecular complexity index is 126. The topological polar surface area (TPSA) is 26.3 Å². The molecule has 0 spiro atoms. The average Bonchev–Trinajstić information content (AvgIpc) is 1.87. The summed E-state index contributed by atoms with van der Waals surface area (Å²) in [6, 6.07) is 0. The third-order valence-corrected chi connectivity index (χ3v) is 1.13. The maximum atomic E-state index is 11.8. The van der Waals surface area contributed by atoms with E-state index in [-0.39, 0.29) is 6.42 Å². The van der Waals surface area contributed by atoms with Crippen molar-refractivity contribution in [1.29, 1.82) is 0 Å². The number of rotatable bonds is 4. The second kappa shape index (κ2) is 5.04. The molecule has 0 aliphatic rings. The van der Waals surface area contributed by atoms with Gasteiger partial charge >= 0.3 is 5.97 Å². The number of hydrogen-bond donors (Lipinski definition) is 0. The molecule has 0 radical (unpaired) electrons. The Kier molecular flexibility index (Phi) is 4.74. The fraction of sp³-hybridized carbons (Fsp3) is 0.857. The van der Waals surface area contributed by atoms with Crippen LogP contribution in [0.25, 0.3) is 0 Å². The van der Waals surface area contributed by atoms with Crippen molar-refractivity contribution in [1.82, 2.24) is 0 Å². The lowest BCUT2D eigenvalue weighted by Gasteiger charge is -2.10. The number of hydrogen-bond acceptors (Lipinski definition) is 2. The van der Waals surface area contributed by atoms with E-state index in [2.05, 4.69) is 4.74 Å². The Morgan fingerprint density at radius 1 is 1.55 bits per heavy atom. The molecule has 4 heteroatoms. The van der Waals surface area contributed by atoms with Gasteiger partial charge in [-0.3, -0.25) is 4.79 Å². The summed E-state index contributed by atoms with van der Waals surface area (Å²) in [5.41, 5.74) is 0. The monoisotopic (exact) mass is 166 g/mol. The second-order valence-corrected chi connectivity index (χ2v) is 2.28. The predicted octanol–water partition coefficient (Wildman–Crippen LogP) is 1.98. The summed E-state index contributed by atoms with van der Waals surface area (Å²) in [5, 5.41) is 0. The molecule has 0 N–H and O–H groups in total. The summed E-state index contributed by atoms with van der Waals surface area (Å²) in [7, 11) is 0. The molecule has 0 rings (SSSR count). The summed E-state index contributed by atoms with van der Waals surface area (Å²) in [6.45, 7) is 2.96. The number of carbonyl (C=O) groups excluding carboxylic acids is 1. The van der Waals surface area contributed by atoms with Crippen molar-refractivity contribution in [3.05, 3.63) is 0 Å². The van der Waals surface area contributed by atoms with Crippen LogP contribution in [-0.4, -0.2) is 18.5 Å². The highest BCUT2D eigenvalue weighted by molar-refractivity contribution is 5.69. The van der Waals surface area contributed by atoms with Crippen LogP contribution in [0.4, 0.5) is 8.78 Å². The number of alkyl halides is 2. The highest BCUT2D eigenvalue weighted by Gasteiger charge is 2.18. The standard InChI is InChI=1S/C7H12F2O2/c1-3-4-6(10)11-5(2)7(8)9/h5,7H,3-4H2,1-2H3. The Morgan fingerprint density at radius 3 is 2.45 bits per heavy atom. The van der Waals surface area contributed by atoms with Gasteiger partial charge in [-0.05, 0) is 13.3 Å². The van der Waals surface area contributed by atoms with Gasteiger partial charge in [0.25, 0.3) is 6.43 Å². The molecule has 0 fully saturated rings. The Labute approximate surface area is 64.5 Å². The molecule has 66 valence electrons. The zero-order chi connectivity index (χ0) is 8.85. The molecule has 0 aliphatic heterocycles. The van der Waals surface area contributed by atoms with E-state index in [0.717, 1.165) is 0 Å². The van der Waals surface area contributed by atoms with E-state index in [1.807, 2.05) is 0 Å². The number of halogens is 2. The summed E-state index contributed by atoms with van der Waals surface area (Å²) in [5.74, 6) is -0.555. The van der Waals surface area contributed by atoms with Gasteiger partial charge in [0.15, 0.2) is 6.10 Å². The Balaban J connectivity index is 3.57. The second-order valence-electron chi connectivity index (χ2n) is 2.28. The third kappa shape index (κ3) is 4.70. The number of carbonyl (C=O) groups is 1. The quantitative estimate of drug-likeness (QED) is 0.597. The summed E-state index contributed by atoms with van der Waals surface area (Å²) >= 11 is 0. The Morgan fingerprint density at radius 2 is 2.09 bits per heavy atom. The van der Waals surface area contributed by atoms with E-state index in [9.17, 15) is 13.6 Å². The van der Waals surface area contributed by atoms with Crippen molar-refractivity contribution in [2.45, 2.75) is 39.2 Å². The van der Waals surface area contributed by atoms with E-state index >= 15 is 0 Å². The van der Waals surface area contributed by atoms with Crippen LogP contribution in [0.1, 0.15) is 26.7 Å². The summed E-state index contributed by atoms with van der Waals surface area (Å²) in [6.07, 6.45) is -3.05. The van der Waals surface area contributed by atoms with Crippen molar-refractivity contribution in [2.24, 2.45) is 0 Å². The van der Waals surface area contributed by atoms with Crippen molar-refractivity contribution in [3.8, 4) is 0 Å². The van der Waals surface area contributed by atoms with Crippen LogP contribution in [0.3, 0.4) is 0 Å². The molecule has 0 aromatic heterocycles. The average molecular weight is 166 g/mol. The maximum absolute atomic E-state index is 11.8. The predicted molar refractivity (Wildman–Crippen MR) is 36.5 cm³/mol. The number of ether oxygens (including phenoxy) is 1. The van der Waals surface area contributed by atoms with Gasteiger partial charge in [-0.15, -0.1) is 0 Å². The third-order valence-electron chi connectivity index (χ3n) is 1.13. The summed E-state index contributed by atoms with van der Waals surface area (Å²) in [4.78, 5) is 10.6. The zero-order valence-corrected chi connectivity index (χ0v) is 6.64. The molecule has 0 heterocycles. The molecule has 1 atom stereocenters. The molecule has 0 aliphatic carbocycles. The first-order valence-corrected chi connectivity index (χ1v) is 3.55. The molecule has 1 unspecified atom stereocenters.